The molecule has 1 fully saturated rings. The first kappa shape index (κ1) is 17.0. The van der Waals surface area contributed by atoms with Gasteiger partial charge in [-0.25, -0.2) is 15.0 Å². The van der Waals surface area contributed by atoms with Crippen molar-refractivity contribution in [2.24, 2.45) is 5.92 Å². The number of hydrogen-bond donors (Lipinski definition) is 1. The van der Waals surface area contributed by atoms with Crippen LogP contribution in [0.5, 0.6) is 0 Å². The lowest BCUT2D eigenvalue weighted by Crippen LogP contribution is -2.54. The standard InChI is InChI=1S/C17H22N4O2S/c1-12-4-6-17(7-5-12,16(22)23-2)20-10-13-11-24-15(21-13)14-18-8-3-9-19-14/h3,8-9,11-12,20H,4-7,10H2,1-2H3. The van der Waals surface area contributed by atoms with Gasteiger partial charge in [-0.3, -0.25) is 10.1 Å². The summed E-state index contributed by atoms with van der Waals surface area (Å²) in [6.45, 7) is 2.76. The largest absolute Gasteiger partial charge is 0.468 e. The molecule has 0 atom stereocenters. The van der Waals surface area contributed by atoms with Gasteiger partial charge in [0, 0.05) is 24.3 Å². The van der Waals surface area contributed by atoms with Gasteiger partial charge >= 0.3 is 5.97 Å². The molecular weight excluding hydrogens is 324 g/mol. The molecule has 2 heterocycles. The van der Waals surface area contributed by atoms with Crippen LogP contribution in [-0.2, 0) is 16.1 Å². The van der Waals surface area contributed by atoms with Gasteiger partial charge in [-0.2, -0.15) is 0 Å². The van der Waals surface area contributed by atoms with E-state index in [9.17, 15) is 4.79 Å². The molecule has 0 amide bonds. The number of carbonyl (C=O) groups is 1. The minimum atomic E-state index is -0.589. The lowest BCUT2D eigenvalue weighted by molar-refractivity contribution is -0.150. The quantitative estimate of drug-likeness (QED) is 0.839. The summed E-state index contributed by atoms with van der Waals surface area (Å²) in [5, 5.41) is 6.19. The monoisotopic (exact) mass is 346 g/mol. The Morgan fingerprint density at radius 2 is 2.08 bits per heavy atom. The molecule has 1 aliphatic rings. The molecule has 1 saturated carbocycles. The van der Waals surface area contributed by atoms with E-state index in [2.05, 4.69) is 27.2 Å². The Morgan fingerprint density at radius 3 is 2.75 bits per heavy atom. The molecule has 7 heteroatoms. The highest BCUT2D eigenvalue weighted by atomic mass is 32.1. The predicted molar refractivity (Wildman–Crippen MR) is 92.4 cm³/mol. The first-order valence-electron chi connectivity index (χ1n) is 8.18. The molecule has 3 rings (SSSR count). The Bertz CT molecular complexity index is 681. The highest BCUT2D eigenvalue weighted by Crippen LogP contribution is 2.33. The highest BCUT2D eigenvalue weighted by Gasteiger charge is 2.41. The molecule has 0 spiro atoms. The summed E-state index contributed by atoms with van der Waals surface area (Å²) in [4.78, 5) is 25.3. The fraction of sp³-hybridized carbons (Fsp3) is 0.529. The van der Waals surface area contributed by atoms with Crippen LogP contribution in [0.2, 0.25) is 0 Å². The smallest absolute Gasteiger partial charge is 0.326 e. The summed E-state index contributed by atoms with van der Waals surface area (Å²) in [7, 11) is 1.46. The zero-order valence-corrected chi connectivity index (χ0v) is 14.8. The van der Waals surface area contributed by atoms with Crippen molar-refractivity contribution in [3.63, 3.8) is 0 Å². The first-order chi connectivity index (χ1) is 11.6. The van der Waals surface area contributed by atoms with Crippen LogP contribution in [0.1, 0.15) is 38.3 Å². The van der Waals surface area contributed by atoms with E-state index < -0.39 is 5.54 Å². The molecule has 24 heavy (non-hydrogen) atoms. The molecule has 0 radical (unpaired) electrons. The van der Waals surface area contributed by atoms with E-state index in [0.29, 0.717) is 18.3 Å². The van der Waals surface area contributed by atoms with Crippen LogP contribution in [0.3, 0.4) is 0 Å². The van der Waals surface area contributed by atoms with Crippen molar-refractivity contribution in [1.82, 2.24) is 20.3 Å². The maximum absolute atomic E-state index is 12.3. The Balaban J connectivity index is 1.69. The third-order valence-electron chi connectivity index (χ3n) is 4.62. The van der Waals surface area contributed by atoms with Crippen molar-refractivity contribution in [2.75, 3.05) is 7.11 Å². The molecule has 2 aromatic heterocycles. The number of thiazole rings is 1. The molecule has 1 N–H and O–H groups in total. The second-order valence-corrected chi connectivity index (χ2v) is 7.18. The first-order valence-corrected chi connectivity index (χ1v) is 9.06. The Hall–Kier alpha value is -1.86. The molecule has 0 unspecified atom stereocenters. The van der Waals surface area contributed by atoms with Gasteiger partial charge in [0.05, 0.1) is 12.8 Å². The molecule has 2 aromatic rings. The van der Waals surface area contributed by atoms with Gasteiger partial charge < -0.3 is 4.74 Å². The van der Waals surface area contributed by atoms with E-state index in [4.69, 9.17) is 4.74 Å². The van der Waals surface area contributed by atoms with Gasteiger partial charge in [0.15, 0.2) is 10.8 Å². The van der Waals surface area contributed by atoms with Crippen molar-refractivity contribution in [3.8, 4) is 10.8 Å². The van der Waals surface area contributed by atoms with Crippen LogP contribution >= 0.6 is 11.3 Å². The maximum Gasteiger partial charge on any atom is 0.326 e. The van der Waals surface area contributed by atoms with E-state index in [0.717, 1.165) is 36.4 Å². The lowest BCUT2D eigenvalue weighted by atomic mass is 9.77. The van der Waals surface area contributed by atoms with Gasteiger partial charge in [0.1, 0.15) is 5.54 Å². The Kier molecular flexibility index (Phi) is 5.20. The molecular formula is C17H22N4O2S. The van der Waals surface area contributed by atoms with E-state index in [1.807, 2.05) is 5.38 Å². The van der Waals surface area contributed by atoms with Crippen LogP contribution < -0.4 is 5.32 Å². The predicted octanol–water partition coefficient (Wildman–Crippen LogP) is 2.81. The number of rotatable bonds is 5. The van der Waals surface area contributed by atoms with Crippen molar-refractivity contribution in [2.45, 2.75) is 44.7 Å². The van der Waals surface area contributed by atoms with Crippen LogP contribution in [0, 0.1) is 5.92 Å². The van der Waals surface area contributed by atoms with Crippen molar-refractivity contribution in [3.05, 3.63) is 29.5 Å². The number of carbonyl (C=O) groups excluding carboxylic acids is 1. The minimum Gasteiger partial charge on any atom is -0.468 e. The molecule has 128 valence electrons. The third-order valence-corrected chi connectivity index (χ3v) is 5.51. The number of methoxy groups -OCH3 is 1. The molecule has 0 aromatic carbocycles. The summed E-state index contributed by atoms with van der Waals surface area (Å²) in [6, 6.07) is 1.78. The highest BCUT2D eigenvalue weighted by molar-refractivity contribution is 7.13. The van der Waals surface area contributed by atoms with E-state index in [1.54, 1.807) is 18.5 Å². The molecule has 1 aliphatic carbocycles. The number of nitrogens with zero attached hydrogens (tertiary/aromatic N) is 3. The summed E-state index contributed by atoms with van der Waals surface area (Å²) < 4.78 is 5.05. The summed E-state index contributed by atoms with van der Waals surface area (Å²) >= 11 is 1.51. The van der Waals surface area contributed by atoms with Gasteiger partial charge in [0.2, 0.25) is 0 Å². The van der Waals surface area contributed by atoms with Gasteiger partial charge in [-0.05, 0) is 37.7 Å². The number of esters is 1. The van der Waals surface area contributed by atoms with Gasteiger partial charge in [0.25, 0.3) is 0 Å². The van der Waals surface area contributed by atoms with E-state index in [1.165, 1.54) is 18.4 Å². The minimum absolute atomic E-state index is 0.170. The number of hydrogen-bond acceptors (Lipinski definition) is 7. The topological polar surface area (TPSA) is 77.0 Å². The van der Waals surface area contributed by atoms with E-state index >= 15 is 0 Å². The lowest BCUT2D eigenvalue weighted by Gasteiger charge is -2.37. The zero-order valence-electron chi connectivity index (χ0n) is 14.0. The summed E-state index contributed by atoms with van der Waals surface area (Å²) in [5.74, 6) is 1.12. The fourth-order valence-electron chi connectivity index (χ4n) is 3.06. The normalized spacial score (nSPS) is 23.8. The average molecular weight is 346 g/mol. The Labute approximate surface area is 145 Å². The van der Waals surface area contributed by atoms with Crippen molar-refractivity contribution >= 4 is 17.3 Å². The second-order valence-electron chi connectivity index (χ2n) is 6.33. The van der Waals surface area contributed by atoms with Crippen LogP contribution in [0.25, 0.3) is 10.8 Å². The number of nitrogens with one attached hydrogen (secondary N) is 1. The maximum atomic E-state index is 12.3. The fourth-order valence-corrected chi connectivity index (χ4v) is 3.83. The number of aromatic nitrogens is 3. The van der Waals surface area contributed by atoms with Crippen molar-refractivity contribution in [1.29, 1.82) is 0 Å². The van der Waals surface area contributed by atoms with Gasteiger partial charge in [-0.15, -0.1) is 11.3 Å². The van der Waals surface area contributed by atoms with Crippen LogP contribution in [0.4, 0.5) is 0 Å². The number of ether oxygens (including phenoxy) is 1. The van der Waals surface area contributed by atoms with Crippen LogP contribution in [-0.4, -0.2) is 33.6 Å². The SMILES string of the molecule is COC(=O)C1(NCc2csc(-c3ncccn3)n2)CCC(C)CC1. The Morgan fingerprint density at radius 1 is 1.38 bits per heavy atom. The zero-order chi connectivity index (χ0) is 17.0. The molecule has 0 aliphatic heterocycles. The second kappa shape index (κ2) is 7.36. The van der Waals surface area contributed by atoms with Crippen LogP contribution in [0.15, 0.2) is 23.8 Å². The molecule has 0 bridgehead atoms. The summed E-state index contributed by atoms with van der Waals surface area (Å²) in [6.07, 6.45) is 7.08. The van der Waals surface area contributed by atoms with Gasteiger partial charge in [-0.1, -0.05) is 6.92 Å². The molecule has 0 saturated heterocycles. The summed E-state index contributed by atoms with van der Waals surface area (Å²) in [5.41, 5.74) is 0.304. The third kappa shape index (κ3) is 3.62. The van der Waals surface area contributed by atoms with Crippen molar-refractivity contribution < 1.29 is 9.53 Å². The average Bonchev–Trinajstić information content (AvgIpc) is 3.11. The molecule has 6 nitrogen and oxygen atoms in total. The van der Waals surface area contributed by atoms with E-state index in [-0.39, 0.29) is 5.97 Å².